The molecule has 47 heavy (non-hydrogen) atoms. The molecule has 4 aromatic rings. The minimum atomic E-state index is -0.810. The molecule has 2 bridgehead atoms. The average Bonchev–Trinajstić information content (AvgIpc) is 3.04. The number of rotatable bonds is 3. The summed E-state index contributed by atoms with van der Waals surface area (Å²) in [6.45, 7) is 12.4. The van der Waals surface area contributed by atoms with E-state index in [9.17, 15) is 14.4 Å². The molecule has 2 aromatic heterocycles. The van der Waals surface area contributed by atoms with Gasteiger partial charge in [-0.25, -0.2) is 23.1 Å². The molecule has 244 valence electrons. The number of Topliss-reactive ketones (excluding diaryl/α,β-unsaturated/α-hetero) is 1. The molecular formula is C36H38F2N6O3. The molecule has 0 N–H and O–H groups in total. The Morgan fingerprint density at radius 3 is 2.49 bits per heavy atom. The molecule has 0 radical (unpaired) electrons. The molecule has 2 aliphatic rings. The summed E-state index contributed by atoms with van der Waals surface area (Å²) >= 11 is 0. The molecule has 2 atom stereocenters. The minimum absolute atomic E-state index is 0.0354. The molecule has 11 heteroatoms. The smallest absolute Gasteiger partial charge is 0.355 e. The van der Waals surface area contributed by atoms with Gasteiger partial charge in [0.05, 0.1) is 16.8 Å². The SMILES string of the molecule is C=CC(=O)N1C[C@H](C)N(c2nc(=O)n3c4nc(c(F)cc24)-c2c(F)cccc2CC(=O)CCN(C)c2cccc(C(C)C)c2-3)C[C@H]1C. The highest BCUT2D eigenvalue weighted by atomic mass is 19.1. The number of piperazine rings is 1. The predicted octanol–water partition coefficient (Wildman–Crippen LogP) is 5.41. The standard InChI is InChI=1S/C36H38F2N6O3/c1-7-30(46)42-18-22(5)43(19-21(42)4)34-26-17-28(38)32-31-23(10-8-12-27(31)37)16-24(45)14-15-41(6)29-13-9-11-25(20(2)3)33(29)44(35(26)39-32)36(47)40-34/h7-13,17,20-22H,1,14-16,18-19H2,2-6H3/t21-,22+/m1/s1. The quantitative estimate of drug-likeness (QED) is 0.277. The van der Waals surface area contributed by atoms with E-state index < -0.39 is 17.3 Å². The highest BCUT2D eigenvalue weighted by molar-refractivity contribution is 5.93. The molecule has 1 amide bonds. The number of hydrogen-bond donors (Lipinski definition) is 0. The van der Waals surface area contributed by atoms with Crippen LogP contribution in [-0.2, 0) is 16.0 Å². The number of hydrogen-bond acceptors (Lipinski definition) is 7. The first-order chi connectivity index (χ1) is 22.4. The molecule has 9 nitrogen and oxygen atoms in total. The number of carbonyl (C=O) groups is 2. The van der Waals surface area contributed by atoms with Crippen LogP contribution < -0.4 is 15.5 Å². The number of pyridine rings is 1. The van der Waals surface area contributed by atoms with Gasteiger partial charge in [-0.05, 0) is 55.2 Å². The van der Waals surface area contributed by atoms with Gasteiger partial charge in [0.1, 0.15) is 28.9 Å². The third-order valence-corrected chi connectivity index (χ3v) is 9.27. The van der Waals surface area contributed by atoms with E-state index in [4.69, 9.17) is 4.98 Å². The predicted molar refractivity (Wildman–Crippen MR) is 179 cm³/mol. The van der Waals surface area contributed by atoms with Crippen molar-refractivity contribution >= 4 is 34.2 Å². The van der Waals surface area contributed by atoms with E-state index >= 15 is 8.78 Å². The summed E-state index contributed by atoms with van der Waals surface area (Å²) in [7, 11) is 1.85. The second-order valence-electron chi connectivity index (χ2n) is 12.8. The number of aromatic nitrogens is 3. The minimum Gasteiger partial charge on any atom is -0.372 e. The lowest BCUT2D eigenvalue weighted by molar-refractivity contribution is -0.128. The van der Waals surface area contributed by atoms with E-state index in [0.29, 0.717) is 36.6 Å². The van der Waals surface area contributed by atoms with Crippen LogP contribution in [0.1, 0.15) is 51.2 Å². The molecule has 0 unspecified atom stereocenters. The van der Waals surface area contributed by atoms with Gasteiger partial charge in [-0.2, -0.15) is 4.98 Å². The Morgan fingerprint density at radius 2 is 1.77 bits per heavy atom. The summed E-state index contributed by atoms with van der Waals surface area (Å²) < 4.78 is 33.4. The van der Waals surface area contributed by atoms with Crippen molar-refractivity contribution in [2.45, 2.75) is 58.5 Å². The summed E-state index contributed by atoms with van der Waals surface area (Å²) in [6.07, 6.45) is 1.33. The van der Waals surface area contributed by atoms with Crippen molar-refractivity contribution in [1.82, 2.24) is 19.4 Å². The largest absolute Gasteiger partial charge is 0.372 e. The van der Waals surface area contributed by atoms with Crippen molar-refractivity contribution < 1.29 is 18.4 Å². The fourth-order valence-corrected chi connectivity index (χ4v) is 6.81. The van der Waals surface area contributed by atoms with Gasteiger partial charge in [0, 0.05) is 57.2 Å². The highest BCUT2D eigenvalue weighted by Crippen LogP contribution is 2.38. The van der Waals surface area contributed by atoms with Gasteiger partial charge in [-0.3, -0.25) is 9.59 Å². The van der Waals surface area contributed by atoms with E-state index in [0.717, 1.165) is 5.56 Å². The van der Waals surface area contributed by atoms with Crippen molar-refractivity contribution in [3.8, 4) is 16.9 Å². The van der Waals surface area contributed by atoms with E-state index in [1.807, 2.05) is 62.7 Å². The zero-order valence-corrected chi connectivity index (χ0v) is 27.3. The number of benzene rings is 2. The van der Waals surface area contributed by atoms with E-state index in [1.165, 1.54) is 28.8 Å². The van der Waals surface area contributed by atoms with Gasteiger partial charge in [0.25, 0.3) is 0 Å². The van der Waals surface area contributed by atoms with Crippen molar-refractivity contribution in [3.63, 3.8) is 0 Å². The second kappa shape index (κ2) is 12.4. The number of halogens is 2. The van der Waals surface area contributed by atoms with Crippen molar-refractivity contribution in [2.75, 3.05) is 36.5 Å². The lowest BCUT2D eigenvalue weighted by Crippen LogP contribution is -2.58. The summed E-state index contributed by atoms with van der Waals surface area (Å²) in [5, 5.41) is 0.268. The monoisotopic (exact) mass is 640 g/mol. The highest BCUT2D eigenvalue weighted by Gasteiger charge is 2.34. The Bertz CT molecular complexity index is 1990. The Morgan fingerprint density at radius 1 is 1.02 bits per heavy atom. The van der Waals surface area contributed by atoms with Gasteiger partial charge < -0.3 is 14.7 Å². The number of para-hydroxylation sites is 1. The van der Waals surface area contributed by atoms with Gasteiger partial charge in [-0.1, -0.05) is 44.7 Å². The average molecular weight is 641 g/mol. The number of anilines is 2. The van der Waals surface area contributed by atoms with Crippen LogP contribution in [-0.4, -0.2) is 69.9 Å². The third-order valence-electron chi connectivity index (χ3n) is 9.27. The Balaban J connectivity index is 1.72. The first kappa shape index (κ1) is 32.0. The number of nitrogens with zero attached hydrogens (tertiary/aromatic N) is 6. The maximum Gasteiger partial charge on any atom is 0.355 e. The Labute approximate surface area is 272 Å². The molecule has 2 aliphatic heterocycles. The lowest BCUT2D eigenvalue weighted by Gasteiger charge is -2.44. The number of fused-ring (bicyclic) bond motifs is 5. The van der Waals surface area contributed by atoms with Crippen LogP contribution in [0.25, 0.3) is 28.0 Å². The first-order valence-corrected chi connectivity index (χ1v) is 15.9. The molecule has 6 rings (SSSR count). The fraction of sp³-hybridized carbons (Fsp3) is 0.361. The number of amides is 1. The third kappa shape index (κ3) is 5.57. The molecule has 2 aromatic carbocycles. The Hall–Kier alpha value is -4.93. The van der Waals surface area contributed by atoms with Crippen LogP contribution in [0.3, 0.4) is 0 Å². The van der Waals surface area contributed by atoms with Gasteiger partial charge in [-0.15, -0.1) is 0 Å². The molecule has 0 spiro atoms. The van der Waals surface area contributed by atoms with Gasteiger partial charge in [0.2, 0.25) is 5.91 Å². The summed E-state index contributed by atoms with van der Waals surface area (Å²) in [5.74, 6) is -1.67. The molecule has 0 aliphatic carbocycles. The van der Waals surface area contributed by atoms with E-state index in [-0.39, 0.29) is 70.6 Å². The van der Waals surface area contributed by atoms with Crippen LogP contribution in [0.5, 0.6) is 0 Å². The van der Waals surface area contributed by atoms with Crippen LogP contribution >= 0.6 is 0 Å². The maximum absolute atomic E-state index is 16.4. The summed E-state index contributed by atoms with van der Waals surface area (Å²) in [6, 6.07) is 10.7. The van der Waals surface area contributed by atoms with Crippen LogP contribution in [0.4, 0.5) is 20.3 Å². The lowest BCUT2D eigenvalue weighted by atomic mass is 9.97. The van der Waals surface area contributed by atoms with E-state index in [2.05, 4.69) is 11.6 Å². The second-order valence-corrected chi connectivity index (χ2v) is 12.8. The zero-order chi connectivity index (χ0) is 33.7. The zero-order valence-electron chi connectivity index (χ0n) is 27.3. The number of carbonyl (C=O) groups excluding carboxylic acids is 2. The van der Waals surface area contributed by atoms with Crippen LogP contribution in [0.15, 0.2) is 59.9 Å². The van der Waals surface area contributed by atoms with Crippen LogP contribution in [0, 0.1) is 11.6 Å². The summed E-state index contributed by atoms with van der Waals surface area (Å²) in [5.41, 5.74) is 1.42. The van der Waals surface area contributed by atoms with Gasteiger partial charge in [0.15, 0.2) is 5.65 Å². The molecular weight excluding hydrogens is 602 g/mol. The topological polar surface area (TPSA) is 91.6 Å². The van der Waals surface area contributed by atoms with Crippen LogP contribution in [0.2, 0.25) is 0 Å². The van der Waals surface area contributed by atoms with Crippen molar-refractivity contribution in [3.05, 3.63) is 88.4 Å². The van der Waals surface area contributed by atoms with E-state index in [1.54, 1.807) is 11.0 Å². The fourth-order valence-electron chi connectivity index (χ4n) is 6.81. The maximum atomic E-state index is 16.4. The summed E-state index contributed by atoms with van der Waals surface area (Å²) in [4.78, 5) is 55.0. The van der Waals surface area contributed by atoms with Gasteiger partial charge >= 0.3 is 5.69 Å². The van der Waals surface area contributed by atoms with Crippen molar-refractivity contribution in [1.29, 1.82) is 0 Å². The van der Waals surface area contributed by atoms with Crippen molar-refractivity contribution in [2.24, 2.45) is 0 Å². The molecule has 4 heterocycles. The molecule has 1 fully saturated rings. The molecule has 1 saturated heterocycles. The first-order valence-electron chi connectivity index (χ1n) is 15.9. The Kier molecular flexibility index (Phi) is 8.42. The normalized spacial score (nSPS) is 18.5. The number of ketones is 1. The molecule has 0 saturated carbocycles.